The van der Waals surface area contributed by atoms with Gasteiger partial charge in [-0.15, -0.1) is 0 Å². The van der Waals surface area contributed by atoms with Crippen LogP contribution < -0.4 is 4.90 Å². The third kappa shape index (κ3) is 4.57. The first kappa shape index (κ1) is 23.2. The molecule has 0 unspecified atom stereocenters. The van der Waals surface area contributed by atoms with Gasteiger partial charge in [-0.1, -0.05) is 12.1 Å². The van der Waals surface area contributed by atoms with Crippen LogP contribution in [0, 0.1) is 17.0 Å². The van der Waals surface area contributed by atoms with Gasteiger partial charge in [0, 0.05) is 24.7 Å². The van der Waals surface area contributed by atoms with Gasteiger partial charge in [-0.3, -0.25) is 10.1 Å². The maximum absolute atomic E-state index is 13.1. The molecule has 32 heavy (non-hydrogen) atoms. The monoisotopic (exact) mass is 442 g/mol. The fourth-order valence-corrected chi connectivity index (χ4v) is 3.81. The number of carbonyl (C=O) groups excluding carboxylic acids is 2. The standard InChI is InChI=1S/C23H26N2O7/c1-14(2)32-23(27)19-15(3)13-18(24-9-11-31-12-10-24)21(22(26)30-4)20(19)16-7-5-6-8-17(16)25(28)29/h5-8,13-14H,9-12H2,1-4H3. The number of rotatable bonds is 6. The Bertz CT molecular complexity index is 1040. The molecule has 1 aliphatic heterocycles. The highest BCUT2D eigenvalue weighted by Gasteiger charge is 2.33. The van der Waals surface area contributed by atoms with Gasteiger partial charge in [-0.25, -0.2) is 9.59 Å². The molecule has 9 nitrogen and oxygen atoms in total. The topological polar surface area (TPSA) is 108 Å². The first-order chi connectivity index (χ1) is 15.3. The van der Waals surface area contributed by atoms with E-state index in [1.807, 2.05) is 4.90 Å². The lowest BCUT2D eigenvalue weighted by molar-refractivity contribution is -0.384. The highest BCUT2D eigenvalue weighted by atomic mass is 16.6. The van der Waals surface area contributed by atoms with Gasteiger partial charge in [0.15, 0.2) is 0 Å². The van der Waals surface area contributed by atoms with E-state index in [4.69, 9.17) is 14.2 Å². The molecule has 1 aliphatic rings. The van der Waals surface area contributed by atoms with Crippen LogP contribution in [0.3, 0.4) is 0 Å². The first-order valence-electron chi connectivity index (χ1n) is 10.3. The van der Waals surface area contributed by atoms with Crippen molar-refractivity contribution in [3.63, 3.8) is 0 Å². The van der Waals surface area contributed by atoms with E-state index in [1.165, 1.54) is 25.3 Å². The number of benzene rings is 2. The van der Waals surface area contributed by atoms with E-state index in [2.05, 4.69) is 0 Å². The lowest BCUT2D eigenvalue weighted by Gasteiger charge is -2.32. The van der Waals surface area contributed by atoms with Gasteiger partial charge in [-0.2, -0.15) is 0 Å². The Kier molecular flexibility index (Phi) is 7.09. The Hall–Kier alpha value is -3.46. The molecule has 1 heterocycles. The number of anilines is 1. The molecule has 0 radical (unpaired) electrons. The molecule has 1 saturated heterocycles. The van der Waals surface area contributed by atoms with E-state index in [9.17, 15) is 19.7 Å². The second kappa shape index (κ2) is 9.78. The molecule has 0 aliphatic carbocycles. The number of nitro benzene ring substituents is 1. The molecular weight excluding hydrogens is 416 g/mol. The molecule has 170 valence electrons. The summed E-state index contributed by atoms with van der Waals surface area (Å²) in [5.74, 6) is -1.36. The summed E-state index contributed by atoms with van der Waals surface area (Å²) >= 11 is 0. The normalized spacial score (nSPS) is 13.7. The Morgan fingerprint density at radius 1 is 1.12 bits per heavy atom. The second-order valence-electron chi connectivity index (χ2n) is 7.66. The summed E-state index contributed by atoms with van der Waals surface area (Å²) in [5, 5.41) is 11.8. The van der Waals surface area contributed by atoms with Gasteiger partial charge in [-0.05, 0) is 38.5 Å². The van der Waals surface area contributed by atoms with E-state index in [1.54, 1.807) is 32.9 Å². The fraction of sp³-hybridized carbons (Fsp3) is 0.391. The molecular formula is C23H26N2O7. The molecule has 0 bridgehead atoms. The number of nitro groups is 1. The quantitative estimate of drug-likeness (QED) is 0.378. The molecule has 2 aromatic carbocycles. The van der Waals surface area contributed by atoms with Crippen LogP contribution in [0.15, 0.2) is 30.3 Å². The molecule has 2 aromatic rings. The van der Waals surface area contributed by atoms with Crippen molar-refractivity contribution < 1.29 is 28.7 Å². The van der Waals surface area contributed by atoms with Gasteiger partial charge >= 0.3 is 11.9 Å². The fourth-order valence-electron chi connectivity index (χ4n) is 3.81. The zero-order valence-corrected chi connectivity index (χ0v) is 18.5. The second-order valence-corrected chi connectivity index (χ2v) is 7.66. The number of aryl methyl sites for hydroxylation is 1. The van der Waals surface area contributed by atoms with Crippen molar-refractivity contribution in [1.82, 2.24) is 0 Å². The zero-order valence-electron chi connectivity index (χ0n) is 18.5. The molecule has 0 N–H and O–H groups in total. The van der Waals surface area contributed by atoms with Crippen LogP contribution in [0.4, 0.5) is 11.4 Å². The summed E-state index contributed by atoms with van der Waals surface area (Å²) in [6.07, 6.45) is -0.416. The van der Waals surface area contributed by atoms with Crippen molar-refractivity contribution in [2.24, 2.45) is 0 Å². The lowest BCUT2D eigenvalue weighted by Crippen LogP contribution is -2.37. The number of carbonyl (C=O) groups is 2. The van der Waals surface area contributed by atoms with E-state index in [-0.39, 0.29) is 27.9 Å². The van der Waals surface area contributed by atoms with Crippen molar-refractivity contribution >= 4 is 23.3 Å². The lowest BCUT2D eigenvalue weighted by atomic mass is 9.88. The number of ether oxygens (including phenoxy) is 3. The third-order valence-electron chi connectivity index (χ3n) is 5.16. The summed E-state index contributed by atoms with van der Waals surface area (Å²) in [6.45, 7) is 7.13. The minimum atomic E-state index is -0.696. The molecule has 0 spiro atoms. The summed E-state index contributed by atoms with van der Waals surface area (Å²) in [5.41, 5.74) is 1.32. The van der Waals surface area contributed by atoms with Crippen molar-refractivity contribution in [3.05, 3.63) is 57.1 Å². The first-order valence-corrected chi connectivity index (χ1v) is 10.3. The molecule has 0 atom stereocenters. The van der Waals surface area contributed by atoms with E-state index in [0.717, 1.165) is 0 Å². The summed E-state index contributed by atoms with van der Waals surface area (Å²) in [4.78, 5) is 39.4. The number of hydrogen-bond acceptors (Lipinski definition) is 8. The number of nitrogens with zero attached hydrogens (tertiary/aromatic N) is 2. The van der Waals surface area contributed by atoms with Gasteiger partial charge in [0.2, 0.25) is 0 Å². The predicted octanol–water partition coefficient (Wildman–Crippen LogP) is 3.76. The van der Waals surface area contributed by atoms with Crippen LogP contribution in [-0.4, -0.2) is 56.4 Å². The number of methoxy groups -OCH3 is 1. The van der Waals surface area contributed by atoms with Crippen LogP contribution in [-0.2, 0) is 14.2 Å². The minimum Gasteiger partial charge on any atom is -0.465 e. The van der Waals surface area contributed by atoms with Crippen molar-refractivity contribution in [2.45, 2.75) is 26.9 Å². The smallest absolute Gasteiger partial charge is 0.340 e. The van der Waals surface area contributed by atoms with Crippen LogP contribution in [0.1, 0.15) is 40.1 Å². The van der Waals surface area contributed by atoms with Gasteiger partial charge in [0.05, 0.1) is 53.7 Å². The Labute approximate surface area is 186 Å². The molecule has 0 saturated carbocycles. The number of esters is 2. The highest BCUT2D eigenvalue weighted by Crippen LogP contribution is 2.41. The van der Waals surface area contributed by atoms with Crippen molar-refractivity contribution in [1.29, 1.82) is 0 Å². The minimum absolute atomic E-state index is 0.0880. The van der Waals surface area contributed by atoms with Crippen LogP contribution in [0.25, 0.3) is 11.1 Å². The SMILES string of the molecule is COC(=O)c1c(N2CCOCC2)cc(C)c(C(=O)OC(C)C)c1-c1ccccc1[N+](=O)[O-]. The average molecular weight is 442 g/mol. The summed E-state index contributed by atoms with van der Waals surface area (Å²) < 4.78 is 15.9. The molecule has 0 amide bonds. The number of morpholine rings is 1. The van der Waals surface area contributed by atoms with E-state index < -0.39 is 23.0 Å². The van der Waals surface area contributed by atoms with E-state index in [0.29, 0.717) is 37.6 Å². The van der Waals surface area contributed by atoms with Crippen LogP contribution in [0.2, 0.25) is 0 Å². The Morgan fingerprint density at radius 3 is 2.38 bits per heavy atom. The molecule has 1 fully saturated rings. The van der Waals surface area contributed by atoms with Crippen LogP contribution in [0.5, 0.6) is 0 Å². The zero-order chi connectivity index (χ0) is 23.4. The largest absolute Gasteiger partial charge is 0.465 e. The van der Waals surface area contributed by atoms with Gasteiger partial charge in [0.1, 0.15) is 0 Å². The molecule has 9 heteroatoms. The number of hydrogen-bond donors (Lipinski definition) is 0. The Morgan fingerprint density at radius 2 is 1.78 bits per heavy atom. The molecule has 0 aromatic heterocycles. The van der Waals surface area contributed by atoms with Gasteiger partial charge < -0.3 is 19.1 Å². The molecule has 3 rings (SSSR count). The third-order valence-corrected chi connectivity index (χ3v) is 5.16. The average Bonchev–Trinajstić information content (AvgIpc) is 2.77. The van der Waals surface area contributed by atoms with Crippen molar-refractivity contribution in [2.75, 3.05) is 38.3 Å². The van der Waals surface area contributed by atoms with Crippen LogP contribution >= 0.6 is 0 Å². The summed E-state index contributed by atoms with van der Waals surface area (Å²) in [6, 6.07) is 7.74. The Balaban J connectivity index is 2.43. The van der Waals surface area contributed by atoms with Crippen molar-refractivity contribution in [3.8, 4) is 11.1 Å². The summed E-state index contributed by atoms with van der Waals surface area (Å²) in [7, 11) is 1.24. The number of para-hydroxylation sites is 1. The highest BCUT2D eigenvalue weighted by molar-refractivity contribution is 6.11. The maximum atomic E-state index is 13.1. The van der Waals surface area contributed by atoms with E-state index >= 15 is 0 Å². The van der Waals surface area contributed by atoms with Gasteiger partial charge in [0.25, 0.3) is 5.69 Å². The predicted molar refractivity (Wildman–Crippen MR) is 118 cm³/mol. The maximum Gasteiger partial charge on any atom is 0.340 e.